The molecule has 0 aliphatic carbocycles. The molecule has 0 spiro atoms. The van der Waals surface area contributed by atoms with Gasteiger partial charge in [-0.1, -0.05) is 11.6 Å². The van der Waals surface area contributed by atoms with E-state index in [0.717, 1.165) is 5.56 Å². The first-order chi connectivity index (χ1) is 8.56. The van der Waals surface area contributed by atoms with Gasteiger partial charge in [-0.15, -0.1) is 0 Å². The average molecular weight is 272 g/mol. The van der Waals surface area contributed by atoms with Crippen LogP contribution in [-0.4, -0.2) is 30.1 Å². The fraction of sp³-hybridized carbons (Fsp3) is 0.500. The Morgan fingerprint density at radius 2 is 2.39 bits per heavy atom. The van der Waals surface area contributed by atoms with Crippen LogP contribution in [-0.2, 0) is 9.53 Å². The number of carbonyl (C=O) groups is 1. The van der Waals surface area contributed by atoms with Crippen molar-refractivity contribution in [2.45, 2.75) is 26.4 Å². The Bertz CT molecular complexity index is 412. The highest BCUT2D eigenvalue weighted by Crippen LogP contribution is 2.20. The van der Waals surface area contributed by atoms with Crippen molar-refractivity contribution in [3.8, 4) is 0 Å². The molecule has 0 aliphatic heterocycles. The van der Waals surface area contributed by atoms with E-state index in [2.05, 4.69) is 10.3 Å². The Kier molecular flexibility index (Phi) is 6.04. The van der Waals surface area contributed by atoms with Crippen LogP contribution < -0.4 is 11.1 Å². The number of nitrogens with two attached hydrogens (primary N) is 1. The molecule has 1 aromatic rings. The summed E-state index contributed by atoms with van der Waals surface area (Å²) in [6, 6.07) is 1.77. The second kappa shape index (κ2) is 7.31. The molecule has 0 saturated carbocycles. The highest BCUT2D eigenvalue weighted by atomic mass is 35.5. The quantitative estimate of drug-likeness (QED) is 0.773. The molecule has 0 bridgehead atoms. The minimum atomic E-state index is -0.272. The van der Waals surface area contributed by atoms with Crippen LogP contribution in [0.2, 0.25) is 5.15 Å². The molecule has 100 valence electrons. The fourth-order valence-corrected chi connectivity index (χ4v) is 1.64. The number of anilines is 1. The van der Waals surface area contributed by atoms with Crippen molar-refractivity contribution >= 4 is 23.2 Å². The van der Waals surface area contributed by atoms with Gasteiger partial charge in [-0.25, -0.2) is 4.98 Å². The van der Waals surface area contributed by atoms with Crippen molar-refractivity contribution in [1.82, 2.24) is 4.98 Å². The standard InChI is InChI=1S/C12H18ClN3O2/c1-3-18-9(6-14)5-11(17)16-10-4-8(2)7-15-12(10)13/h4,7,9H,3,5-6,14H2,1-2H3,(H,16,17). The van der Waals surface area contributed by atoms with E-state index in [1.165, 1.54) is 0 Å². The molecule has 18 heavy (non-hydrogen) atoms. The van der Waals surface area contributed by atoms with Gasteiger partial charge in [0.25, 0.3) is 0 Å². The second-order valence-electron chi connectivity index (χ2n) is 3.92. The first-order valence-corrected chi connectivity index (χ1v) is 6.18. The van der Waals surface area contributed by atoms with Crippen molar-refractivity contribution in [3.05, 3.63) is 23.0 Å². The van der Waals surface area contributed by atoms with Gasteiger partial charge in [0.15, 0.2) is 5.15 Å². The van der Waals surface area contributed by atoms with Gasteiger partial charge in [0.1, 0.15) is 0 Å². The van der Waals surface area contributed by atoms with Crippen LogP contribution in [0.5, 0.6) is 0 Å². The summed E-state index contributed by atoms with van der Waals surface area (Å²) in [6.07, 6.45) is 1.57. The van der Waals surface area contributed by atoms with E-state index in [9.17, 15) is 4.79 Å². The van der Waals surface area contributed by atoms with Crippen LogP contribution in [0.15, 0.2) is 12.3 Å². The van der Waals surface area contributed by atoms with Crippen molar-refractivity contribution in [2.24, 2.45) is 5.73 Å². The summed E-state index contributed by atoms with van der Waals surface area (Å²) in [5.74, 6) is -0.187. The third kappa shape index (κ3) is 4.60. The molecule has 3 N–H and O–H groups in total. The Balaban J connectivity index is 2.61. The van der Waals surface area contributed by atoms with Gasteiger partial charge < -0.3 is 15.8 Å². The van der Waals surface area contributed by atoms with Crippen LogP contribution in [0.1, 0.15) is 18.9 Å². The van der Waals surface area contributed by atoms with Crippen LogP contribution in [0.25, 0.3) is 0 Å². The maximum atomic E-state index is 11.8. The fourth-order valence-electron chi connectivity index (χ4n) is 1.49. The van der Waals surface area contributed by atoms with Gasteiger partial charge >= 0.3 is 0 Å². The Morgan fingerprint density at radius 1 is 1.67 bits per heavy atom. The van der Waals surface area contributed by atoms with Gasteiger partial charge in [0, 0.05) is 19.3 Å². The lowest BCUT2D eigenvalue weighted by molar-refractivity contribution is -0.118. The zero-order chi connectivity index (χ0) is 13.5. The smallest absolute Gasteiger partial charge is 0.227 e. The summed E-state index contributed by atoms with van der Waals surface area (Å²) in [5.41, 5.74) is 6.95. The number of nitrogens with one attached hydrogen (secondary N) is 1. The second-order valence-corrected chi connectivity index (χ2v) is 4.27. The first kappa shape index (κ1) is 14.9. The Labute approximate surface area is 112 Å². The summed E-state index contributed by atoms with van der Waals surface area (Å²) in [5, 5.41) is 2.98. The first-order valence-electron chi connectivity index (χ1n) is 5.80. The molecule has 0 fully saturated rings. The summed E-state index contributed by atoms with van der Waals surface area (Å²) in [4.78, 5) is 15.7. The highest BCUT2D eigenvalue weighted by Gasteiger charge is 2.13. The predicted molar refractivity (Wildman–Crippen MR) is 71.7 cm³/mol. The molecule has 1 rings (SSSR count). The number of aromatic nitrogens is 1. The van der Waals surface area contributed by atoms with Crippen LogP contribution >= 0.6 is 11.6 Å². The number of rotatable bonds is 6. The predicted octanol–water partition coefficient (Wildman–Crippen LogP) is 1.74. The van der Waals surface area contributed by atoms with E-state index in [1.54, 1.807) is 12.3 Å². The van der Waals surface area contributed by atoms with Crippen molar-refractivity contribution < 1.29 is 9.53 Å². The summed E-state index contributed by atoms with van der Waals surface area (Å²) < 4.78 is 5.32. The van der Waals surface area contributed by atoms with E-state index in [1.807, 2.05) is 13.8 Å². The van der Waals surface area contributed by atoms with Gasteiger partial charge in [-0.2, -0.15) is 0 Å². The lowest BCUT2D eigenvalue weighted by Crippen LogP contribution is -2.29. The van der Waals surface area contributed by atoms with Crippen LogP contribution in [0.3, 0.4) is 0 Å². The average Bonchev–Trinajstić information content (AvgIpc) is 2.33. The maximum absolute atomic E-state index is 11.8. The third-order valence-corrected chi connectivity index (χ3v) is 2.63. The number of amides is 1. The van der Waals surface area contributed by atoms with Gasteiger partial charge in [0.05, 0.1) is 18.2 Å². The monoisotopic (exact) mass is 271 g/mol. The number of aryl methyl sites for hydroxylation is 1. The minimum absolute atomic E-state index is 0.187. The summed E-state index contributed by atoms with van der Waals surface area (Å²) >= 11 is 5.89. The Morgan fingerprint density at radius 3 is 3.00 bits per heavy atom. The molecule has 0 aliphatic rings. The molecule has 1 amide bonds. The largest absolute Gasteiger partial charge is 0.377 e. The molecule has 6 heteroatoms. The number of halogens is 1. The van der Waals surface area contributed by atoms with Crippen molar-refractivity contribution in [3.63, 3.8) is 0 Å². The maximum Gasteiger partial charge on any atom is 0.227 e. The van der Waals surface area contributed by atoms with E-state index in [-0.39, 0.29) is 23.6 Å². The van der Waals surface area contributed by atoms with E-state index < -0.39 is 0 Å². The third-order valence-electron chi connectivity index (χ3n) is 2.33. The van der Waals surface area contributed by atoms with Crippen LogP contribution in [0, 0.1) is 6.92 Å². The molecule has 1 heterocycles. The topological polar surface area (TPSA) is 77.2 Å². The zero-order valence-electron chi connectivity index (χ0n) is 10.6. The van der Waals surface area contributed by atoms with E-state index in [4.69, 9.17) is 22.1 Å². The number of nitrogens with zero attached hydrogens (tertiary/aromatic N) is 1. The molecule has 1 unspecified atom stereocenters. The SMILES string of the molecule is CCOC(CN)CC(=O)Nc1cc(C)cnc1Cl. The number of pyridine rings is 1. The van der Waals surface area contributed by atoms with Gasteiger partial charge in [-0.3, -0.25) is 4.79 Å². The number of hydrogen-bond donors (Lipinski definition) is 2. The molecule has 1 atom stereocenters. The van der Waals surface area contributed by atoms with Crippen molar-refractivity contribution in [1.29, 1.82) is 0 Å². The van der Waals surface area contributed by atoms with Gasteiger partial charge in [0.2, 0.25) is 5.91 Å². The molecular formula is C12H18ClN3O2. The number of hydrogen-bond acceptors (Lipinski definition) is 4. The lowest BCUT2D eigenvalue weighted by atomic mass is 10.2. The molecule has 1 aromatic heterocycles. The molecule has 0 radical (unpaired) electrons. The summed E-state index contributed by atoms with van der Waals surface area (Å²) in [7, 11) is 0. The normalized spacial score (nSPS) is 12.2. The molecule has 0 saturated heterocycles. The molecule has 5 nitrogen and oxygen atoms in total. The van der Waals surface area contributed by atoms with Crippen LogP contribution in [0.4, 0.5) is 5.69 Å². The lowest BCUT2D eigenvalue weighted by Gasteiger charge is -2.14. The number of ether oxygens (including phenoxy) is 1. The molecule has 0 aromatic carbocycles. The zero-order valence-corrected chi connectivity index (χ0v) is 11.3. The Hall–Kier alpha value is -1.17. The summed E-state index contributed by atoms with van der Waals surface area (Å²) in [6.45, 7) is 4.58. The van der Waals surface area contributed by atoms with Crippen molar-refractivity contribution in [2.75, 3.05) is 18.5 Å². The highest BCUT2D eigenvalue weighted by molar-refractivity contribution is 6.32. The van der Waals surface area contributed by atoms with Gasteiger partial charge in [-0.05, 0) is 25.5 Å². The van der Waals surface area contributed by atoms with E-state index in [0.29, 0.717) is 18.8 Å². The van der Waals surface area contributed by atoms with E-state index >= 15 is 0 Å². The number of carbonyl (C=O) groups excluding carboxylic acids is 1. The minimum Gasteiger partial charge on any atom is -0.377 e. The molecular weight excluding hydrogens is 254 g/mol.